The normalized spacial score (nSPS) is 15.6. The Bertz CT molecular complexity index is 578. The highest BCUT2D eigenvalue weighted by molar-refractivity contribution is 7.89. The van der Waals surface area contributed by atoms with Crippen molar-refractivity contribution in [1.82, 2.24) is 4.72 Å². The first-order valence-electron chi connectivity index (χ1n) is 5.80. The molecule has 1 aromatic rings. The van der Waals surface area contributed by atoms with Gasteiger partial charge in [-0.3, -0.25) is 0 Å². The average molecular weight is 284 g/mol. The highest BCUT2D eigenvalue weighted by Crippen LogP contribution is 2.28. The van der Waals surface area contributed by atoms with Crippen molar-refractivity contribution < 1.29 is 8.42 Å². The molecule has 1 aliphatic carbocycles. The average Bonchev–Trinajstić information content (AvgIpc) is 3.10. The van der Waals surface area contributed by atoms with Gasteiger partial charge in [0.25, 0.3) is 0 Å². The van der Waals surface area contributed by atoms with Crippen LogP contribution in [0.25, 0.3) is 0 Å². The zero-order valence-corrected chi connectivity index (χ0v) is 11.8. The molecule has 1 fully saturated rings. The Morgan fingerprint density at radius 1 is 1.50 bits per heavy atom. The van der Waals surface area contributed by atoms with Crippen molar-refractivity contribution in [2.24, 2.45) is 11.7 Å². The number of nitrogens with one attached hydrogen (secondary N) is 1. The third-order valence-corrected chi connectivity index (χ3v) is 4.82. The van der Waals surface area contributed by atoms with Crippen molar-refractivity contribution in [2.75, 3.05) is 6.54 Å². The van der Waals surface area contributed by atoms with Crippen LogP contribution in [0, 0.1) is 12.8 Å². The van der Waals surface area contributed by atoms with E-state index in [0.29, 0.717) is 23.6 Å². The Morgan fingerprint density at radius 2 is 2.17 bits per heavy atom. The van der Waals surface area contributed by atoms with Crippen LogP contribution in [0.4, 0.5) is 0 Å². The highest BCUT2D eigenvalue weighted by atomic mass is 32.2. The molecule has 0 spiro atoms. The largest absolute Gasteiger partial charge is 0.389 e. The van der Waals surface area contributed by atoms with Gasteiger partial charge >= 0.3 is 0 Å². The summed E-state index contributed by atoms with van der Waals surface area (Å²) in [5.41, 5.74) is 6.79. The van der Waals surface area contributed by atoms with Gasteiger partial charge in [0, 0.05) is 12.1 Å². The fourth-order valence-corrected chi connectivity index (χ4v) is 3.18. The molecule has 1 aromatic carbocycles. The Morgan fingerprint density at radius 3 is 2.72 bits per heavy atom. The predicted molar refractivity (Wildman–Crippen MR) is 75.0 cm³/mol. The summed E-state index contributed by atoms with van der Waals surface area (Å²) in [5.74, 6) is 0.499. The molecule has 18 heavy (non-hydrogen) atoms. The minimum Gasteiger partial charge on any atom is -0.389 e. The Kier molecular flexibility index (Phi) is 3.70. The maximum Gasteiger partial charge on any atom is 0.240 e. The first-order valence-corrected chi connectivity index (χ1v) is 7.69. The van der Waals surface area contributed by atoms with Crippen LogP contribution in [0.5, 0.6) is 0 Å². The van der Waals surface area contributed by atoms with Gasteiger partial charge in [-0.05, 0) is 37.3 Å². The molecule has 4 nitrogen and oxygen atoms in total. The highest BCUT2D eigenvalue weighted by Gasteiger charge is 2.25. The molecule has 2 rings (SSSR count). The van der Waals surface area contributed by atoms with E-state index >= 15 is 0 Å². The van der Waals surface area contributed by atoms with E-state index in [2.05, 4.69) is 4.72 Å². The van der Waals surface area contributed by atoms with E-state index in [1.165, 1.54) is 6.07 Å². The SMILES string of the molecule is Cc1ccc(C(N)=S)cc1S(=O)(=O)NCC1CC1. The van der Waals surface area contributed by atoms with Gasteiger partial charge in [0.15, 0.2) is 0 Å². The molecule has 1 aliphatic rings. The number of hydrogen-bond acceptors (Lipinski definition) is 3. The summed E-state index contributed by atoms with van der Waals surface area (Å²) in [7, 11) is -3.47. The first-order chi connectivity index (χ1) is 8.40. The Labute approximate surface area is 113 Å². The maximum absolute atomic E-state index is 12.2. The quantitative estimate of drug-likeness (QED) is 0.800. The molecular weight excluding hydrogens is 268 g/mol. The monoisotopic (exact) mass is 284 g/mol. The van der Waals surface area contributed by atoms with E-state index in [-0.39, 0.29) is 9.88 Å². The lowest BCUT2D eigenvalue weighted by atomic mass is 10.1. The van der Waals surface area contributed by atoms with Gasteiger partial charge < -0.3 is 5.73 Å². The van der Waals surface area contributed by atoms with Crippen molar-refractivity contribution in [1.29, 1.82) is 0 Å². The van der Waals surface area contributed by atoms with Crippen molar-refractivity contribution in [2.45, 2.75) is 24.7 Å². The number of aryl methyl sites for hydroxylation is 1. The van der Waals surface area contributed by atoms with E-state index in [1.807, 2.05) is 0 Å². The summed E-state index contributed by atoms with van der Waals surface area (Å²) >= 11 is 4.87. The lowest BCUT2D eigenvalue weighted by Crippen LogP contribution is -2.27. The molecule has 0 unspecified atom stereocenters. The third kappa shape index (κ3) is 3.07. The molecule has 0 bridgehead atoms. The lowest BCUT2D eigenvalue weighted by molar-refractivity contribution is 0.577. The van der Waals surface area contributed by atoms with Crippen LogP contribution < -0.4 is 10.5 Å². The summed E-state index contributed by atoms with van der Waals surface area (Å²) in [6, 6.07) is 4.99. The molecule has 0 saturated heterocycles. The number of sulfonamides is 1. The minimum absolute atomic E-state index is 0.202. The van der Waals surface area contributed by atoms with Crippen LogP contribution in [0.1, 0.15) is 24.0 Å². The van der Waals surface area contributed by atoms with Crippen LogP contribution in [0.15, 0.2) is 23.1 Å². The maximum atomic E-state index is 12.2. The first kappa shape index (κ1) is 13.5. The molecule has 0 amide bonds. The number of benzene rings is 1. The molecule has 98 valence electrons. The standard InChI is InChI=1S/C12H16N2O2S2/c1-8-2-5-10(12(13)17)6-11(8)18(15,16)14-7-9-3-4-9/h2,5-6,9,14H,3-4,7H2,1H3,(H2,13,17). The van der Waals surface area contributed by atoms with Gasteiger partial charge in [-0.1, -0.05) is 24.4 Å². The summed E-state index contributed by atoms with van der Waals surface area (Å²) in [5, 5.41) is 0. The van der Waals surface area contributed by atoms with Gasteiger partial charge in [-0.2, -0.15) is 0 Å². The van der Waals surface area contributed by atoms with Crippen LogP contribution >= 0.6 is 12.2 Å². The molecular formula is C12H16N2O2S2. The van der Waals surface area contributed by atoms with Crippen LogP contribution in [-0.2, 0) is 10.0 Å². The smallest absolute Gasteiger partial charge is 0.240 e. The van der Waals surface area contributed by atoms with Gasteiger partial charge in [0.05, 0.1) is 4.90 Å². The molecule has 0 aliphatic heterocycles. The van der Waals surface area contributed by atoms with E-state index in [0.717, 1.165) is 12.8 Å². The second-order valence-electron chi connectivity index (χ2n) is 4.64. The number of nitrogens with two attached hydrogens (primary N) is 1. The van der Waals surface area contributed by atoms with Gasteiger partial charge in [-0.25, -0.2) is 13.1 Å². The van der Waals surface area contributed by atoms with Crippen molar-refractivity contribution >= 4 is 27.2 Å². The third-order valence-electron chi connectivity index (χ3n) is 3.02. The Balaban J connectivity index is 2.29. The zero-order valence-electron chi connectivity index (χ0n) is 10.1. The van der Waals surface area contributed by atoms with Crippen LogP contribution in [0.2, 0.25) is 0 Å². The number of rotatable bonds is 5. The van der Waals surface area contributed by atoms with Crippen molar-refractivity contribution in [3.63, 3.8) is 0 Å². The van der Waals surface area contributed by atoms with E-state index in [9.17, 15) is 8.42 Å². The van der Waals surface area contributed by atoms with Gasteiger partial charge in [0.1, 0.15) is 4.99 Å². The summed E-state index contributed by atoms with van der Waals surface area (Å²) in [4.78, 5) is 0.460. The molecule has 6 heteroatoms. The van der Waals surface area contributed by atoms with Crippen molar-refractivity contribution in [3.05, 3.63) is 29.3 Å². The topological polar surface area (TPSA) is 72.2 Å². The fourth-order valence-electron chi connectivity index (χ4n) is 1.67. The predicted octanol–water partition coefficient (Wildman–Crippen LogP) is 1.32. The summed E-state index contributed by atoms with van der Waals surface area (Å²) < 4.78 is 27.0. The summed E-state index contributed by atoms with van der Waals surface area (Å²) in [6.45, 7) is 2.27. The molecule has 0 heterocycles. The van der Waals surface area contributed by atoms with E-state index in [1.54, 1.807) is 19.1 Å². The second-order valence-corrected chi connectivity index (χ2v) is 6.82. The number of hydrogen-bond donors (Lipinski definition) is 2. The summed E-state index contributed by atoms with van der Waals surface area (Å²) in [6.07, 6.45) is 2.21. The molecule has 0 atom stereocenters. The minimum atomic E-state index is -3.47. The molecule has 0 radical (unpaired) electrons. The van der Waals surface area contributed by atoms with Crippen molar-refractivity contribution in [3.8, 4) is 0 Å². The molecule has 3 N–H and O–H groups in total. The van der Waals surface area contributed by atoms with Gasteiger partial charge in [-0.15, -0.1) is 0 Å². The molecule has 0 aromatic heterocycles. The van der Waals surface area contributed by atoms with Crippen LogP contribution in [-0.4, -0.2) is 20.0 Å². The van der Waals surface area contributed by atoms with Gasteiger partial charge in [0.2, 0.25) is 10.0 Å². The van der Waals surface area contributed by atoms with Crippen LogP contribution in [0.3, 0.4) is 0 Å². The lowest BCUT2D eigenvalue weighted by Gasteiger charge is -2.10. The fraction of sp³-hybridized carbons (Fsp3) is 0.417. The Hall–Kier alpha value is -0.980. The van der Waals surface area contributed by atoms with E-state index in [4.69, 9.17) is 18.0 Å². The second kappa shape index (κ2) is 4.95. The number of thiocarbonyl (C=S) groups is 1. The van der Waals surface area contributed by atoms with E-state index < -0.39 is 10.0 Å². The zero-order chi connectivity index (χ0) is 13.3. The molecule has 1 saturated carbocycles.